The quantitative estimate of drug-likeness (QED) is 0.230. The van der Waals surface area contributed by atoms with Gasteiger partial charge in [-0.2, -0.15) is 26.3 Å². The van der Waals surface area contributed by atoms with Crippen molar-refractivity contribution in [1.29, 1.82) is 0 Å². The molecule has 0 aliphatic rings. The third-order valence-corrected chi connectivity index (χ3v) is 6.40. The molecule has 17 heteroatoms. The molecule has 0 bridgehead atoms. The van der Waals surface area contributed by atoms with Crippen molar-refractivity contribution in [3.05, 3.63) is 89.9 Å². The number of aromatic nitrogens is 4. The first-order valence-electron chi connectivity index (χ1n) is 11.6. The maximum Gasteiger partial charge on any atom is 0.416 e. The standard InChI is InChI=1S/C25H18F7N5O4S/c26-18-5-6-21(40-12-15-3-1-4-17(9-15)25(30,31)32)36-22(18)16-10-19(37-42(38,39)14-24(27,28)29)23(35-11-16)41-13-20-33-7-2-8-34-20/h1-11,37H,12-14H2. The maximum absolute atomic E-state index is 14.8. The summed E-state index contributed by atoms with van der Waals surface area (Å²) in [6, 6.07) is 8.81. The number of nitrogens with one attached hydrogen (secondary N) is 1. The van der Waals surface area contributed by atoms with Crippen LogP contribution in [0.4, 0.5) is 36.4 Å². The second-order valence-corrected chi connectivity index (χ2v) is 10.2. The van der Waals surface area contributed by atoms with Gasteiger partial charge in [-0.25, -0.2) is 32.7 Å². The Balaban J connectivity index is 1.62. The SMILES string of the molecule is O=S(=O)(CC(F)(F)F)Nc1cc(-c2nc(OCc3cccc(C(F)(F)F)c3)ccc2F)cnc1OCc1ncccn1. The molecule has 0 atom stereocenters. The van der Waals surface area contributed by atoms with Crippen molar-refractivity contribution in [3.8, 4) is 23.0 Å². The van der Waals surface area contributed by atoms with Crippen LogP contribution in [0.15, 0.2) is 67.1 Å². The Morgan fingerprint density at radius 2 is 1.60 bits per heavy atom. The number of ether oxygens (including phenoxy) is 2. The molecule has 222 valence electrons. The van der Waals surface area contributed by atoms with Gasteiger partial charge in [-0.1, -0.05) is 12.1 Å². The number of sulfonamides is 1. The first-order valence-corrected chi connectivity index (χ1v) is 13.3. The lowest BCUT2D eigenvalue weighted by atomic mass is 10.1. The Labute approximate surface area is 233 Å². The molecule has 0 aliphatic carbocycles. The zero-order chi connectivity index (χ0) is 30.5. The molecule has 1 N–H and O–H groups in total. The summed E-state index contributed by atoms with van der Waals surface area (Å²) < 4.78 is 129. The fraction of sp³-hybridized carbons (Fsp3) is 0.200. The number of benzene rings is 1. The van der Waals surface area contributed by atoms with Gasteiger partial charge in [-0.05, 0) is 35.9 Å². The van der Waals surface area contributed by atoms with E-state index in [0.717, 1.165) is 36.5 Å². The molecule has 0 spiro atoms. The van der Waals surface area contributed by atoms with Crippen molar-refractivity contribution < 1.29 is 48.6 Å². The van der Waals surface area contributed by atoms with Crippen LogP contribution in [0.3, 0.4) is 0 Å². The summed E-state index contributed by atoms with van der Waals surface area (Å²) in [7, 11) is -5.01. The molecule has 0 unspecified atom stereocenters. The van der Waals surface area contributed by atoms with Crippen molar-refractivity contribution in [2.45, 2.75) is 25.6 Å². The van der Waals surface area contributed by atoms with E-state index in [2.05, 4.69) is 19.9 Å². The van der Waals surface area contributed by atoms with Crippen molar-refractivity contribution in [2.24, 2.45) is 0 Å². The van der Waals surface area contributed by atoms with Crippen molar-refractivity contribution in [1.82, 2.24) is 19.9 Å². The summed E-state index contributed by atoms with van der Waals surface area (Å²) in [6.45, 7) is -0.705. The molecule has 0 fully saturated rings. The van der Waals surface area contributed by atoms with Gasteiger partial charge in [0.15, 0.2) is 11.6 Å². The van der Waals surface area contributed by atoms with Gasteiger partial charge >= 0.3 is 12.4 Å². The Hall–Kier alpha value is -4.54. The number of pyridine rings is 2. The van der Waals surface area contributed by atoms with Gasteiger partial charge in [0.2, 0.25) is 21.8 Å². The normalized spacial score (nSPS) is 12.2. The van der Waals surface area contributed by atoms with Gasteiger partial charge in [0.1, 0.15) is 30.4 Å². The Bertz CT molecular complexity index is 1650. The smallest absolute Gasteiger partial charge is 0.416 e. The number of nitrogens with zero attached hydrogens (tertiary/aromatic N) is 4. The molecule has 1 aromatic carbocycles. The maximum atomic E-state index is 14.8. The third kappa shape index (κ3) is 8.48. The summed E-state index contributed by atoms with van der Waals surface area (Å²) >= 11 is 0. The lowest BCUT2D eigenvalue weighted by Crippen LogP contribution is -2.28. The fourth-order valence-electron chi connectivity index (χ4n) is 3.43. The Kier molecular flexibility index (Phi) is 8.79. The first kappa shape index (κ1) is 30.4. The van der Waals surface area contributed by atoms with Crippen LogP contribution < -0.4 is 14.2 Å². The molecule has 3 aromatic heterocycles. The van der Waals surface area contributed by atoms with Gasteiger partial charge in [0, 0.05) is 30.2 Å². The van der Waals surface area contributed by atoms with E-state index in [9.17, 15) is 39.2 Å². The lowest BCUT2D eigenvalue weighted by molar-refractivity contribution is -0.137. The molecule has 4 rings (SSSR count). The van der Waals surface area contributed by atoms with E-state index in [-0.39, 0.29) is 36.0 Å². The van der Waals surface area contributed by atoms with Crippen LogP contribution in [0.2, 0.25) is 0 Å². The van der Waals surface area contributed by atoms with Crippen molar-refractivity contribution in [2.75, 3.05) is 10.5 Å². The van der Waals surface area contributed by atoms with E-state index in [1.807, 2.05) is 0 Å². The second-order valence-electron chi connectivity index (χ2n) is 8.47. The van der Waals surface area contributed by atoms with E-state index in [0.29, 0.717) is 0 Å². The average Bonchev–Trinajstić information content (AvgIpc) is 2.90. The molecule has 42 heavy (non-hydrogen) atoms. The highest BCUT2D eigenvalue weighted by molar-refractivity contribution is 7.92. The van der Waals surface area contributed by atoms with E-state index in [1.165, 1.54) is 30.6 Å². The highest BCUT2D eigenvalue weighted by atomic mass is 32.2. The highest BCUT2D eigenvalue weighted by Crippen LogP contribution is 2.33. The second kappa shape index (κ2) is 12.1. The molecule has 3 heterocycles. The van der Waals surface area contributed by atoms with Crippen LogP contribution in [0, 0.1) is 5.82 Å². The van der Waals surface area contributed by atoms with Gasteiger partial charge < -0.3 is 9.47 Å². The van der Waals surface area contributed by atoms with E-state index in [4.69, 9.17) is 9.47 Å². The molecule has 4 aromatic rings. The zero-order valence-electron chi connectivity index (χ0n) is 20.9. The van der Waals surface area contributed by atoms with E-state index >= 15 is 0 Å². The number of hydrogen-bond acceptors (Lipinski definition) is 8. The minimum absolute atomic E-state index is 0.143. The molecule has 0 saturated heterocycles. The van der Waals surface area contributed by atoms with Gasteiger partial charge in [0.05, 0.1) is 5.56 Å². The van der Waals surface area contributed by atoms with Crippen LogP contribution >= 0.6 is 0 Å². The van der Waals surface area contributed by atoms with Gasteiger partial charge in [0.25, 0.3) is 0 Å². The Morgan fingerprint density at radius 3 is 2.29 bits per heavy atom. The fourth-order valence-corrected chi connectivity index (χ4v) is 4.41. The zero-order valence-corrected chi connectivity index (χ0v) is 21.8. The van der Waals surface area contributed by atoms with Gasteiger partial charge in [-0.3, -0.25) is 4.72 Å². The minimum atomic E-state index is -5.07. The van der Waals surface area contributed by atoms with Crippen LogP contribution in [0.5, 0.6) is 11.8 Å². The monoisotopic (exact) mass is 617 g/mol. The van der Waals surface area contributed by atoms with Crippen LogP contribution in [-0.4, -0.2) is 40.3 Å². The predicted octanol–water partition coefficient (Wildman–Crippen LogP) is 5.55. The summed E-state index contributed by atoms with van der Waals surface area (Å²) in [5.41, 5.74) is -1.96. The molecular formula is C25H18F7N5O4S. The van der Waals surface area contributed by atoms with Gasteiger partial charge in [-0.15, -0.1) is 0 Å². The van der Waals surface area contributed by atoms with Crippen molar-refractivity contribution in [3.63, 3.8) is 0 Å². The number of halogens is 7. The van der Waals surface area contributed by atoms with E-state index < -0.39 is 56.8 Å². The van der Waals surface area contributed by atoms with Crippen molar-refractivity contribution >= 4 is 15.7 Å². The topological polar surface area (TPSA) is 116 Å². The molecule has 0 saturated carbocycles. The number of alkyl halides is 6. The molecular weight excluding hydrogens is 599 g/mol. The Morgan fingerprint density at radius 1 is 0.857 bits per heavy atom. The van der Waals surface area contributed by atoms with Crippen LogP contribution in [0.1, 0.15) is 17.0 Å². The predicted molar refractivity (Wildman–Crippen MR) is 133 cm³/mol. The van der Waals surface area contributed by atoms with E-state index in [1.54, 1.807) is 4.72 Å². The summed E-state index contributed by atoms with van der Waals surface area (Å²) in [4.78, 5) is 15.7. The molecule has 0 aliphatic heterocycles. The van der Waals surface area contributed by atoms with Crippen LogP contribution in [0.25, 0.3) is 11.3 Å². The minimum Gasteiger partial charge on any atom is -0.473 e. The summed E-state index contributed by atoms with van der Waals surface area (Å²) in [5.74, 6) is -3.71. The largest absolute Gasteiger partial charge is 0.473 e. The molecule has 9 nitrogen and oxygen atoms in total. The molecule has 0 amide bonds. The number of hydrogen-bond donors (Lipinski definition) is 1. The number of rotatable bonds is 10. The summed E-state index contributed by atoms with van der Waals surface area (Å²) in [5, 5.41) is 0. The highest BCUT2D eigenvalue weighted by Gasteiger charge is 2.36. The third-order valence-electron chi connectivity index (χ3n) is 5.16. The lowest BCUT2D eigenvalue weighted by Gasteiger charge is -2.15. The summed E-state index contributed by atoms with van der Waals surface area (Å²) in [6.07, 6.45) is -5.84. The average molecular weight is 618 g/mol. The first-order chi connectivity index (χ1) is 19.7. The van der Waals surface area contributed by atoms with Crippen LogP contribution in [-0.2, 0) is 29.4 Å². The number of anilines is 1. The molecule has 0 radical (unpaired) electrons.